The monoisotopic (exact) mass is 552 g/mol. The molecule has 3 rings (SSSR count). The summed E-state index contributed by atoms with van der Waals surface area (Å²) < 4.78 is 18.0. The molecule has 8 heteroatoms. The number of carbonyl (C=O) groups excluding carboxylic acids is 2. The van der Waals surface area contributed by atoms with Crippen LogP contribution in [0.3, 0.4) is 0 Å². The summed E-state index contributed by atoms with van der Waals surface area (Å²) in [5.74, 6) is 0.609. The molecule has 2 saturated carbocycles. The summed E-state index contributed by atoms with van der Waals surface area (Å²) in [5.41, 5.74) is 6.29. The van der Waals surface area contributed by atoms with Gasteiger partial charge in [-0.3, -0.25) is 9.59 Å². The van der Waals surface area contributed by atoms with Gasteiger partial charge >= 0.3 is 11.9 Å². The normalized spacial score (nSPS) is 31.8. The van der Waals surface area contributed by atoms with Crippen molar-refractivity contribution in [3.05, 3.63) is 0 Å². The second-order valence-electron chi connectivity index (χ2n) is 12.5. The molecule has 0 aromatic rings. The number of aliphatic hydroxyl groups excluding tert-OH is 1. The molecule has 0 radical (unpaired) electrons. The number of esters is 2. The number of nitrogens with two attached hydrogens (primary N) is 1. The largest absolute Gasteiger partial charge is 0.462 e. The Bertz CT molecular complexity index is 730. The molecule has 8 nitrogen and oxygen atoms in total. The summed E-state index contributed by atoms with van der Waals surface area (Å²) in [6.45, 7) is 5.96. The van der Waals surface area contributed by atoms with Gasteiger partial charge < -0.3 is 30.4 Å². The second kappa shape index (κ2) is 16.9. The minimum atomic E-state index is -0.449. The molecular formula is C31H56N2O6. The Morgan fingerprint density at radius 1 is 0.949 bits per heavy atom. The zero-order chi connectivity index (χ0) is 28.2. The van der Waals surface area contributed by atoms with Crippen LogP contribution in [0.1, 0.15) is 124 Å². The third-order valence-corrected chi connectivity index (χ3v) is 9.27. The lowest BCUT2D eigenvalue weighted by molar-refractivity contribution is -0.154. The molecular weight excluding hydrogens is 496 g/mol. The van der Waals surface area contributed by atoms with Crippen molar-refractivity contribution in [2.45, 2.75) is 160 Å². The Hall–Kier alpha value is -1.22. The van der Waals surface area contributed by atoms with Crippen LogP contribution < -0.4 is 11.1 Å². The highest BCUT2D eigenvalue weighted by Gasteiger charge is 2.42. The lowest BCUT2D eigenvalue weighted by Gasteiger charge is -2.46. The fourth-order valence-corrected chi connectivity index (χ4v) is 7.36. The van der Waals surface area contributed by atoms with E-state index in [-0.39, 0.29) is 42.5 Å². The Morgan fingerprint density at radius 3 is 2.28 bits per heavy atom. The standard InChI is InChI=1S/C31H56N2O6/c1-4-5-7-12-26(37-21(2)34)19-27(38-22(3)35)14-13-23-17-30(39-25-10-8-6-9-11-25)29(36)20-28(23)24-15-16-33-31(32)18-24/h23-31,33,36H,4-20,32H2,1-3H3/t23?,24?,26-,27+,28?,29?,30?,31?/m0/s1. The number of carbonyl (C=O) groups is 2. The van der Waals surface area contributed by atoms with E-state index < -0.39 is 6.10 Å². The van der Waals surface area contributed by atoms with Crippen LogP contribution in [-0.4, -0.2) is 60.3 Å². The number of hydrogen-bond acceptors (Lipinski definition) is 8. The van der Waals surface area contributed by atoms with Gasteiger partial charge in [0.25, 0.3) is 0 Å². The Kier molecular flexibility index (Phi) is 14.0. The average molecular weight is 553 g/mol. The highest BCUT2D eigenvalue weighted by molar-refractivity contribution is 5.66. The average Bonchev–Trinajstić information content (AvgIpc) is 2.88. The van der Waals surface area contributed by atoms with E-state index in [1.54, 1.807) is 0 Å². The molecule has 0 spiro atoms. The van der Waals surface area contributed by atoms with E-state index in [1.165, 1.54) is 33.1 Å². The van der Waals surface area contributed by atoms with Crippen LogP contribution >= 0.6 is 0 Å². The molecule has 1 heterocycles. The predicted molar refractivity (Wildman–Crippen MR) is 152 cm³/mol. The van der Waals surface area contributed by atoms with Crippen molar-refractivity contribution < 1.29 is 28.9 Å². The molecule has 0 bridgehead atoms. The van der Waals surface area contributed by atoms with Crippen LogP contribution in [0.25, 0.3) is 0 Å². The van der Waals surface area contributed by atoms with Gasteiger partial charge in [0.05, 0.1) is 24.5 Å². The fraction of sp³-hybridized carbons (Fsp3) is 0.935. The third kappa shape index (κ3) is 11.3. The molecule has 226 valence electrons. The first-order chi connectivity index (χ1) is 18.7. The minimum absolute atomic E-state index is 0.000779. The van der Waals surface area contributed by atoms with Crippen molar-refractivity contribution in [3.63, 3.8) is 0 Å². The molecule has 3 aliphatic rings. The van der Waals surface area contributed by atoms with E-state index >= 15 is 0 Å². The van der Waals surface area contributed by atoms with E-state index in [1.807, 2.05) is 0 Å². The molecule has 0 aromatic heterocycles. The van der Waals surface area contributed by atoms with Gasteiger partial charge in [0.15, 0.2) is 0 Å². The number of unbranched alkanes of at least 4 members (excludes halogenated alkanes) is 2. The Morgan fingerprint density at radius 2 is 1.64 bits per heavy atom. The maximum Gasteiger partial charge on any atom is 0.302 e. The molecule has 1 saturated heterocycles. The number of piperidine rings is 1. The SMILES string of the molecule is CCCCC[C@@H](C[C@@H](CCC1CC(OC2CCCCC2)C(O)CC1C1CCNC(N)C1)OC(C)=O)OC(C)=O. The van der Waals surface area contributed by atoms with E-state index in [9.17, 15) is 14.7 Å². The van der Waals surface area contributed by atoms with Crippen LogP contribution in [0.2, 0.25) is 0 Å². The molecule has 0 amide bonds. The van der Waals surface area contributed by atoms with Gasteiger partial charge in [0, 0.05) is 20.3 Å². The van der Waals surface area contributed by atoms with E-state index in [2.05, 4.69) is 12.2 Å². The Labute approximate surface area is 236 Å². The molecule has 2 aliphatic carbocycles. The zero-order valence-electron chi connectivity index (χ0n) is 24.8. The number of nitrogens with one attached hydrogen (secondary N) is 1. The number of aliphatic hydroxyl groups is 1. The molecule has 4 N–H and O–H groups in total. The topological polar surface area (TPSA) is 120 Å². The maximum absolute atomic E-state index is 12.0. The first-order valence-corrected chi connectivity index (χ1v) is 15.9. The van der Waals surface area contributed by atoms with Gasteiger partial charge in [-0.25, -0.2) is 0 Å². The molecule has 39 heavy (non-hydrogen) atoms. The van der Waals surface area contributed by atoms with Crippen molar-refractivity contribution >= 4 is 11.9 Å². The summed E-state index contributed by atoms with van der Waals surface area (Å²) in [6.07, 6.45) is 14.6. The zero-order valence-corrected chi connectivity index (χ0v) is 24.8. The first kappa shape index (κ1) is 32.3. The van der Waals surface area contributed by atoms with Crippen LogP contribution in [0.4, 0.5) is 0 Å². The molecule has 3 fully saturated rings. The van der Waals surface area contributed by atoms with Crippen LogP contribution in [0.15, 0.2) is 0 Å². The van der Waals surface area contributed by atoms with Crippen molar-refractivity contribution in [2.24, 2.45) is 23.5 Å². The number of rotatable bonds is 14. The van der Waals surface area contributed by atoms with E-state index in [0.29, 0.717) is 24.2 Å². The molecule has 8 atom stereocenters. The Balaban J connectivity index is 1.69. The van der Waals surface area contributed by atoms with Gasteiger partial charge in [-0.05, 0) is 88.5 Å². The van der Waals surface area contributed by atoms with E-state index in [4.69, 9.17) is 19.9 Å². The second-order valence-corrected chi connectivity index (χ2v) is 12.5. The van der Waals surface area contributed by atoms with Crippen molar-refractivity contribution in [3.8, 4) is 0 Å². The van der Waals surface area contributed by atoms with Crippen LogP contribution in [0, 0.1) is 17.8 Å². The third-order valence-electron chi connectivity index (χ3n) is 9.27. The van der Waals surface area contributed by atoms with Gasteiger partial charge in [0.1, 0.15) is 12.2 Å². The summed E-state index contributed by atoms with van der Waals surface area (Å²) in [6, 6.07) is 0. The molecule has 1 aliphatic heterocycles. The van der Waals surface area contributed by atoms with Crippen molar-refractivity contribution in [2.75, 3.05) is 6.54 Å². The van der Waals surface area contributed by atoms with Gasteiger partial charge in [0.2, 0.25) is 0 Å². The summed E-state index contributed by atoms with van der Waals surface area (Å²) >= 11 is 0. The lowest BCUT2D eigenvalue weighted by Crippen LogP contribution is -2.50. The smallest absolute Gasteiger partial charge is 0.302 e. The lowest BCUT2D eigenvalue weighted by atomic mass is 9.66. The van der Waals surface area contributed by atoms with Crippen molar-refractivity contribution in [1.29, 1.82) is 0 Å². The van der Waals surface area contributed by atoms with Gasteiger partial charge in [-0.15, -0.1) is 0 Å². The molecule has 6 unspecified atom stereocenters. The van der Waals surface area contributed by atoms with Gasteiger partial charge in [-0.2, -0.15) is 0 Å². The van der Waals surface area contributed by atoms with E-state index in [0.717, 1.165) is 83.6 Å². The fourth-order valence-electron chi connectivity index (χ4n) is 7.36. The highest BCUT2D eigenvalue weighted by atomic mass is 16.6. The predicted octanol–water partition coefficient (Wildman–Crippen LogP) is 4.99. The van der Waals surface area contributed by atoms with Crippen molar-refractivity contribution in [1.82, 2.24) is 5.32 Å². The first-order valence-electron chi connectivity index (χ1n) is 15.9. The minimum Gasteiger partial charge on any atom is -0.462 e. The van der Waals surface area contributed by atoms with Crippen LogP contribution in [-0.2, 0) is 23.8 Å². The van der Waals surface area contributed by atoms with Crippen LogP contribution in [0.5, 0.6) is 0 Å². The maximum atomic E-state index is 12.0. The molecule has 0 aromatic carbocycles. The summed E-state index contributed by atoms with van der Waals surface area (Å²) in [5, 5.41) is 14.6. The highest BCUT2D eigenvalue weighted by Crippen LogP contribution is 2.43. The van der Waals surface area contributed by atoms with Gasteiger partial charge in [-0.1, -0.05) is 39.0 Å². The quantitative estimate of drug-likeness (QED) is 0.204. The summed E-state index contributed by atoms with van der Waals surface area (Å²) in [4.78, 5) is 23.8. The number of ether oxygens (including phenoxy) is 3. The number of hydrogen-bond donors (Lipinski definition) is 3. The summed E-state index contributed by atoms with van der Waals surface area (Å²) in [7, 11) is 0.